The van der Waals surface area contributed by atoms with Crippen LogP contribution < -0.4 is 10.2 Å². The fourth-order valence-corrected chi connectivity index (χ4v) is 1.73. The fraction of sp³-hybridized carbons (Fsp3) is 0.857. The number of carbonyl (C=O) groups excluding carboxylic acids is 2. The Labute approximate surface area is 185 Å². The molecule has 0 heterocycles. The molecule has 0 aliphatic heterocycles. The molecule has 0 aliphatic carbocycles. The molecule has 1 radical (unpaired) electrons. The maximum absolute atomic E-state index is 10.1. The summed E-state index contributed by atoms with van der Waals surface area (Å²) in [5, 5.41) is 126. The first-order valence-electron chi connectivity index (χ1n) is 8.09. The van der Waals surface area contributed by atoms with Gasteiger partial charge in [-0.05, 0) is 0 Å². The van der Waals surface area contributed by atoms with Crippen molar-refractivity contribution in [2.45, 2.75) is 61.0 Å². The van der Waals surface area contributed by atoms with E-state index in [1.807, 2.05) is 0 Å². The van der Waals surface area contributed by atoms with E-state index >= 15 is 0 Å². The molecule has 0 spiro atoms. The Balaban J connectivity index is -0.000000490. The molecule has 0 rings (SSSR count). The summed E-state index contributed by atoms with van der Waals surface area (Å²) in [6.07, 6.45) is -21.0. The van der Waals surface area contributed by atoms with E-state index in [2.05, 4.69) is 0 Å². The van der Waals surface area contributed by atoms with Crippen LogP contribution in [0.5, 0.6) is 0 Å². The van der Waals surface area contributed by atoms with Crippen LogP contribution in [0.25, 0.3) is 0 Å². The molecule has 16 nitrogen and oxygen atoms in total. The Morgan fingerprint density at radius 3 is 0.903 bits per heavy atom. The molecule has 0 amide bonds. The maximum atomic E-state index is 10.1. The van der Waals surface area contributed by atoms with Gasteiger partial charge in [-0.3, -0.25) is 0 Å². The zero-order valence-corrected chi connectivity index (χ0v) is 16.7. The van der Waals surface area contributed by atoms with E-state index < -0.39 is 86.2 Å². The van der Waals surface area contributed by atoms with Crippen molar-refractivity contribution in [1.29, 1.82) is 0 Å². The molecule has 0 aliphatic rings. The number of aliphatic hydroxyl groups excluding tert-OH is 12. The Morgan fingerprint density at radius 2 is 0.742 bits per heavy atom. The normalized spacial score (nSPS) is 20.8. The van der Waals surface area contributed by atoms with Gasteiger partial charge in [-0.25, -0.2) is 0 Å². The molecule has 0 aromatic carbocycles. The number of aliphatic carboxylic acids is 2. The minimum Gasteiger partial charge on any atom is -0.547 e. The molecule has 10 unspecified atom stereocenters. The van der Waals surface area contributed by atoms with Crippen LogP contribution >= 0.6 is 0 Å². The minimum absolute atomic E-state index is 0. The van der Waals surface area contributed by atoms with Gasteiger partial charge in [-0.1, -0.05) is 0 Å². The predicted octanol–water partition coefficient (Wildman–Crippen LogP) is -10.9. The van der Waals surface area contributed by atoms with Crippen molar-refractivity contribution >= 4 is 11.9 Å². The third kappa shape index (κ3) is 11.4. The molecule has 0 fully saturated rings. The van der Waals surface area contributed by atoms with E-state index in [1.165, 1.54) is 0 Å². The van der Waals surface area contributed by atoms with Gasteiger partial charge in [0.1, 0.15) is 61.0 Å². The Morgan fingerprint density at radius 1 is 0.516 bits per heavy atom. The Kier molecular flexibility index (Phi) is 18.5. The van der Waals surface area contributed by atoms with Crippen LogP contribution in [0.4, 0.5) is 0 Å². The second-order valence-corrected chi connectivity index (χ2v) is 5.97. The van der Waals surface area contributed by atoms with Crippen LogP contribution in [0.15, 0.2) is 0 Å². The summed E-state index contributed by atoms with van der Waals surface area (Å²) in [6.45, 7) is -1.79. The molecule has 17 heteroatoms. The molecule has 10 atom stereocenters. The van der Waals surface area contributed by atoms with Crippen LogP contribution in [0.3, 0.4) is 0 Å². The summed E-state index contributed by atoms with van der Waals surface area (Å²) in [5.41, 5.74) is 0. The van der Waals surface area contributed by atoms with Crippen molar-refractivity contribution in [3.05, 3.63) is 0 Å². The van der Waals surface area contributed by atoms with Crippen LogP contribution in [0.1, 0.15) is 0 Å². The zero-order chi connectivity index (χ0) is 24.3. The van der Waals surface area contributed by atoms with Crippen LogP contribution in [0.2, 0.25) is 0 Å². The summed E-state index contributed by atoms with van der Waals surface area (Å²) in [5.74, 6) is -4.07. The number of rotatable bonds is 12. The summed E-state index contributed by atoms with van der Waals surface area (Å²) in [6, 6.07) is 0. The first kappa shape index (κ1) is 34.6. The van der Waals surface area contributed by atoms with E-state index in [0.717, 1.165) is 0 Å². The molecule has 0 saturated carbocycles. The second-order valence-electron chi connectivity index (χ2n) is 5.97. The van der Waals surface area contributed by atoms with E-state index in [-0.39, 0.29) is 17.1 Å². The number of carboxylic acids is 2. The van der Waals surface area contributed by atoms with Crippen LogP contribution in [-0.2, 0) is 26.7 Å². The third-order valence-electron chi connectivity index (χ3n) is 3.69. The van der Waals surface area contributed by atoms with Gasteiger partial charge in [0, 0.05) is 0 Å². The fourth-order valence-electron chi connectivity index (χ4n) is 1.73. The molecule has 0 saturated heterocycles. The van der Waals surface area contributed by atoms with E-state index in [1.54, 1.807) is 0 Å². The molecule has 0 bridgehead atoms. The molecular weight excluding hydrogens is 479 g/mol. The van der Waals surface area contributed by atoms with Crippen LogP contribution in [-0.4, -0.2) is 147 Å². The smallest absolute Gasteiger partial charge is 0.547 e. The van der Waals surface area contributed by atoms with Gasteiger partial charge in [0.2, 0.25) is 0 Å². The van der Waals surface area contributed by atoms with Crippen molar-refractivity contribution in [3.8, 4) is 0 Å². The summed E-state index contributed by atoms with van der Waals surface area (Å²) >= 11 is 0. The SMILES string of the molecule is O=C([O-])C(O)C(O)C(O)C(O)C(O)CO.O=C([O-])C(O)C(O)C(O)C(O)C(O)CO.[Mn+2]. The zero-order valence-electron chi connectivity index (χ0n) is 15.6. The first-order valence-corrected chi connectivity index (χ1v) is 8.09. The molecule has 12 N–H and O–H groups in total. The number of hydrogen-bond donors (Lipinski definition) is 12. The minimum atomic E-state index is -2.40. The van der Waals surface area contributed by atoms with Crippen molar-refractivity contribution < 1.29 is 98.1 Å². The summed E-state index contributed by atoms with van der Waals surface area (Å²) < 4.78 is 0. The molecule has 0 aromatic heterocycles. The second kappa shape index (κ2) is 16.6. The van der Waals surface area contributed by atoms with Gasteiger partial charge in [0.25, 0.3) is 0 Å². The maximum Gasteiger partial charge on any atom is 2.00 e. The van der Waals surface area contributed by atoms with Gasteiger partial charge in [0.15, 0.2) is 0 Å². The molecule has 0 aromatic rings. The molecule has 31 heavy (non-hydrogen) atoms. The number of hydrogen-bond acceptors (Lipinski definition) is 16. The summed E-state index contributed by atoms with van der Waals surface area (Å²) in [7, 11) is 0. The number of carbonyl (C=O) groups is 2. The molecular formula is C14H26MnO16. The Bertz CT molecular complexity index is 465. The predicted molar refractivity (Wildman–Crippen MR) is 84.3 cm³/mol. The topological polar surface area (TPSA) is 323 Å². The quantitative estimate of drug-likeness (QED) is 0.109. The summed E-state index contributed by atoms with van der Waals surface area (Å²) in [4.78, 5) is 20.2. The number of carboxylic acid groups (broad SMARTS) is 2. The third-order valence-corrected chi connectivity index (χ3v) is 3.69. The Hall–Kier alpha value is -1.02. The van der Waals surface area contributed by atoms with Gasteiger partial charge < -0.3 is 81.1 Å². The van der Waals surface area contributed by atoms with E-state index in [4.69, 9.17) is 61.3 Å². The standard InChI is InChI=1S/2C7H14O8.Mn/c2*8-1-2(9)3(10)4(11)5(12)6(13)7(14)15;/h2*2-6,8-13H,1H2,(H,14,15);/q;;+2/p-2. The molecule has 185 valence electrons. The van der Waals surface area contributed by atoms with Crippen molar-refractivity contribution in [2.75, 3.05) is 13.2 Å². The largest absolute Gasteiger partial charge is 2.00 e. The van der Waals surface area contributed by atoms with Crippen molar-refractivity contribution in [1.82, 2.24) is 0 Å². The van der Waals surface area contributed by atoms with Gasteiger partial charge in [-0.2, -0.15) is 0 Å². The van der Waals surface area contributed by atoms with E-state index in [9.17, 15) is 19.8 Å². The van der Waals surface area contributed by atoms with Gasteiger partial charge >= 0.3 is 17.1 Å². The van der Waals surface area contributed by atoms with Crippen molar-refractivity contribution in [2.24, 2.45) is 0 Å². The number of aliphatic hydroxyl groups is 12. The van der Waals surface area contributed by atoms with Crippen molar-refractivity contribution in [3.63, 3.8) is 0 Å². The average molecular weight is 505 g/mol. The van der Waals surface area contributed by atoms with E-state index in [0.29, 0.717) is 0 Å². The van der Waals surface area contributed by atoms with Gasteiger partial charge in [-0.15, -0.1) is 0 Å². The first-order chi connectivity index (χ1) is 13.6. The monoisotopic (exact) mass is 505 g/mol. The van der Waals surface area contributed by atoms with Crippen LogP contribution in [0, 0.1) is 0 Å². The van der Waals surface area contributed by atoms with Gasteiger partial charge in [0.05, 0.1) is 25.2 Å². The average Bonchev–Trinajstić information content (AvgIpc) is 2.73.